The van der Waals surface area contributed by atoms with Gasteiger partial charge < -0.3 is 42.6 Å². The number of hydrogen-bond donors (Lipinski definition) is 8. The standard InChI is InChI=1S/C23H32N6O7/c1-11(23(35)36)27-21(33)17(9-13-10-26-15-6-4-3-5-14(13)15)29-20(32)16(7-8-18(24)31)28-22(34)19(25)12(2)30/h3-6,10-12,16-17,19,26,30H,7-9,25H2,1-2H3,(H2,24,31)(H,27,33)(H,28,34)(H,29,32)(H,35,36). The molecule has 2 aromatic rings. The van der Waals surface area contributed by atoms with Crippen LogP contribution in [0, 0.1) is 0 Å². The topological polar surface area (TPSA) is 230 Å². The first-order valence-corrected chi connectivity index (χ1v) is 11.3. The highest BCUT2D eigenvalue weighted by atomic mass is 16.4. The smallest absolute Gasteiger partial charge is 0.325 e. The molecule has 0 spiro atoms. The molecule has 5 unspecified atom stereocenters. The number of aromatic amines is 1. The van der Waals surface area contributed by atoms with Crippen molar-refractivity contribution in [2.24, 2.45) is 11.5 Å². The Bertz CT molecular complexity index is 1120. The number of fused-ring (bicyclic) bond motifs is 1. The second-order valence-corrected chi connectivity index (χ2v) is 8.53. The zero-order valence-electron chi connectivity index (χ0n) is 20.0. The molecule has 2 rings (SSSR count). The quantitative estimate of drug-likeness (QED) is 0.155. The van der Waals surface area contributed by atoms with Crippen molar-refractivity contribution in [2.45, 2.75) is 63.4 Å². The number of nitrogens with one attached hydrogen (secondary N) is 4. The number of benzene rings is 1. The van der Waals surface area contributed by atoms with Gasteiger partial charge in [-0.25, -0.2) is 0 Å². The molecule has 10 N–H and O–H groups in total. The number of nitrogens with two attached hydrogens (primary N) is 2. The maximum absolute atomic E-state index is 13.1. The molecule has 1 aromatic heterocycles. The molecule has 5 atom stereocenters. The summed E-state index contributed by atoms with van der Waals surface area (Å²) in [6, 6.07) is 2.20. The van der Waals surface area contributed by atoms with E-state index >= 15 is 0 Å². The van der Waals surface area contributed by atoms with Crippen molar-refractivity contribution in [3.8, 4) is 0 Å². The number of carboxylic acids is 1. The number of para-hydroxylation sites is 1. The minimum atomic E-state index is -1.34. The molecule has 1 heterocycles. The Balaban J connectivity index is 2.29. The number of primary amides is 1. The number of H-pyrrole nitrogens is 1. The van der Waals surface area contributed by atoms with Gasteiger partial charge >= 0.3 is 5.97 Å². The molecule has 36 heavy (non-hydrogen) atoms. The van der Waals surface area contributed by atoms with Crippen LogP contribution < -0.4 is 27.4 Å². The van der Waals surface area contributed by atoms with E-state index in [1.54, 1.807) is 12.3 Å². The summed E-state index contributed by atoms with van der Waals surface area (Å²) in [7, 11) is 0. The Morgan fingerprint density at radius 1 is 0.972 bits per heavy atom. The Morgan fingerprint density at radius 2 is 1.58 bits per heavy atom. The fourth-order valence-electron chi connectivity index (χ4n) is 3.42. The van der Waals surface area contributed by atoms with Gasteiger partial charge in [0, 0.05) is 29.9 Å². The molecule has 0 fully saturated rings. The van der Waals surface area contributed by atoms with Gasteiger partial charge in [-0.3, -0.25) is 24.0 Å². The van der Waals surface area contributed by atoms with E-state index < -0.39 is 59.9 Å². The molecule has 0 saturated heterocycles. The van der Waals surface area contributed by atoms with Crippen LogP contribution in [-0.4, -0.2) is 75.1 Å². The first-order valence-electron chi connectivity index (χ1n) is 11.3. The number of hydrogen-bond acceptors (Lipinski definition) is 7. The molecule has 4 amide bonds. The normalized spacial score (nSPS) is 15.2. The third-order valence-corrected chi connectivity index (χ3v) is 5.60. The van der Waals surface area contributed by atoms with Crippen LogP contribution in [0.1, 0.15) is 32.3 Å². The van der Waals surface area contributed by atoms with E-state index in [0.717, 1.165) is 10.9 Å². The van der Waals surface area contributed by atoms with E-state index in [9.17, 15) is 29.1 Å². The van der Waals surface area contributed by atoms with Crippen molar-refractivity contribution >= 4 is 40.5 Å². The average molecular weight is 505 g/mol. The van der Waals surface area contributed by atoms with Crippen LogP contribution in [0.15, 0.2) is 30.5 Å². The number of aromatic nitrogens is 1. The number of carbonyl (C=O) groups is 5. The molecule has 0 aliphatic carbocycles. The van der Waals surface area contributed by atoms with Gasteiger partial charge in [-0.1, -0.05) is 18.2 Å². The van der Waals surface area contributed by atoms with E-state index in [-0.39, 0.29) is 19.3 Å². The predicted molar refractivity (Wildman–Crippen MR) is 129 cm³/mol. The predicted octanol–water partition coefficient (Wildman–Crippen LogP) is -1.76. The summed E-state index contributed by atoms with van der Waals surface area (Å²) in [6.45, 7) is 2.58. The van der Waals surface area contributed by atoms with Gasteiger partial charge in [0.15, 0.2) is 0 Å². The molecule has 0 saturated carbocycles. The van der Waals surface area contributed by atoms with Crippen LogP contribution in [0.25, 0.3) is 10.9 Å². The zero-order valence-corrected chi connectivity index (χ0v) is 20.0. The van der Waals surface area contributed by atoms with Crippen molar-refractivity contribution in [1.29, 1.82) is 0 Å². The van der Waals surface area contributed by atoms with Crippen LogP contribution in [-0.2, 0) is 30.4 Å². The molecule has 0 aliphatic heterocycles. The minimum absolute atomic E-state index is 0.00238. The van der Waals surface area contributed by atoms with E-state index in [4.69, 9.17) is 16.6 Å². The number of aliphatic hydroxyl groups is 1. The lowest BCUT2D eigenvalue weighted by Gasteiger charge is -2.25. The van der Waals surface area contributed by atoms with Crippen LogP contribution >= 0.6 is 0 Å². The largest absolute Gasteiger partial charge is 0.480 e. The third-order valence-electron chi connectivity index (χ3n) is 5.60. The highest BCUT2D eigenvalue weighted by molar-refractivity contribution is 5.95. The third kappa shape index (κ3) is 7.78. The number of carbonyl (C=O) groups excluding carboxylic acids is 4. The van der Waals surface area contributed by atoms with Crippen LogP contribution in [0.3, 0.4) is 0 Å². The maximum Gasteiger partial charge on any atom is 0.325 e. The van der Waals surface area contributed by atoms with E-state index in [1.807, 2.05) is 18.2 Å². The van der Waals surface area contributed by atoms with Crippen LogP contribution in [0.5, 0.6) is 0 Å². The zero-order chi connectivity index (χ0) is 27.0. The number of amides is 4. The fourth-order valence-corrected chi connectivity index (χ4v) is 3.42. The lowest BCUT2D eigenvalue weighted by atomic mass is 10.0. The average Bonchev–Trinajstić information content (AvgIpc) is 3.22. The molecular formula is C23H32N6O7. The Morgan fingerprint density at radius 3 is 2.19 bits per heavy atom. The van der Waals surface area contributed by atoms with Crippen molar-refractivity contribution in [1.82, 2.24) is 20.9 Å². The molecule has 1 aromatic carbocycles. The van der Waals surface area contributed by atoms with Crippen LogP contribution in [0.4, 0.5) is 0 Å². The lowest BCUT2D eigenvalue weighted by molar-refractivity contribution is -0.141. The number of rotatable bonds is 13. The number of aliphatic carboxylic acids is 1. The molecular weight excluding hydrogens is 472 g/mol. The fraction of sp³-hybridized carbons (Fsp3) is 0.435. The molecule has 0 aliphatic rings. The first-order chi connectivity index (χ1) is 16.9. The van der Waals surface area contributed by atoms with Crippen molar-refractivity contribution < 1.29 is 34.2 Å². The van der Waals surface area contributed by atoms with Crippen molar-refractivity contribution in [3.63, 3.8) is 0 Å². The number of carboxylic acid groups (broad SMARTS) is 1. The summed E-state index contributed by atoms with van der Waals surface area (Å²) >= 11 is 0. The molecule has 13 nitrogen and oxygen atoms in total. The highest BCUT2D eigenvalue weighted by Crippen LogP contribution is 2.19. The first kappa shape index (κ1) is 28.3. The van der Waals surface area contributed by atoms with Crippen LogP contribution in [0.2, 0.25) is 0 Å². The second-order valence-electron chi connectivity index (χ2n) is 8.53. The van der Waals surface area contributed by atoms with Crippen molar-refractivity contribution in [3.05, 3.63) is 36.0 Å². The minimum Gasteiger partial charge on any atom is -0.480 e. The van der Waals surface area contributed by atoms with Gasteiger partial charge in [0.1, 0.15) is 24.2 Å². The summed E-state index contributed by atoms with van der Waals surface area (Å²) in [5, 5.41) is 26.8. The molecule has 13 heteroatoms. The van der Waals surface area contributed by atoms with Gasteiger partial charge in [0.2, 0.25) is 23.6 Å². The SMILES string of the molecule is CC(NC(=O)C(Cc1c[nH]c2ccccc12)NC(=O)C(CCC(N)=O)NC(=O)C(N)C(C)O)C(=O)O. The second kappa shape index (κ2) is 12.7. The van der Waals surface area contributed by atoms with E-state index in [1.165, 1.54) is 13.8 Å². The van der Waals surface area contributed by atoms with Gasteiger partial charge in [0.25, 0.3) is 0 Å². The highest BCUT2D eigenvalue weighted by Gasteiger charge is 2.31. The summed E-state index contributed by atoms with van der Waals surface area (Å²) < 4.78 is 0. The van der Waals surface area contributed by atoms with Gasteiger partial charge in [-0.2, -0.15) is 0 Å². The van der Waals surface area contributed by atoms with Gasteiger partial charge in [0.05, 0.1) is 6.10 Å². The van der Waals surface area contributed by atoms with E-state index in [0.29, 0.717) is 5.56 Å². The molecule has 196 valence electrons. The Kier molecular flexibility index (Phi) is 9.93. The summed E-state index contributed by atoms with van der Waals surface area (Å²) in [4.78, 5) is 64.0. The summed E-state index contributed by atoms with van der Waals surface area (Å²) in [5.74, 6) is -4.40. The Labute approximate surface area is 207 Å². The van der Waals surface area contributed by atoms with Gasteiger partial charge in [-0.15, -0.1) is 0 Å². The maximum atomic E-state index is 13.1. The number of aliphatic hydroxyl groups excluding tert-OH is 1. The summed E-state index contributed by atoms with van der Waals surface area (Å²) in [6.07, 6.45) is 0.0237. The summed E-state index contributed by atoms with van der Waals surface area (Å²) in [5.41, 5.74) is 12.3. The monoisotopic (exact) mass is 504 g/mol. The van der Waals surface area contributed by atoms with Gasteiger partial charge in [-0.05, 0) is 31.9 Å². The van der Waals surface area contributed by atoms with E-state index in [2.05, 4.69) is 20.9 Å². The molecule has 0 bridgehead atoms. The van der Waals surface area contributed by atoms with Crippen molar-refractivity contribution in [2.75, 3.05) is 0 Å². The lowest BCUT2D eigenvalue weighted by Crippen LogP contribution is -2.58. The molecule has 0 radical (unpaired) electrons. The Hall–Kier alpha value is -3.97.